The molecular weight excluding hydrogens is 288 g/mol. The number of hydrogen-bond acceptors (Lipinski definition) is 4. The molecule has 0 spiro atoms. The zero-order chi connectivity index (χ0) is 15.6. The van der Waals surface area contributed by atoms with Crippen LogP contribution in [0.3, 0.4) is 0 Å². The van der Waals surface area contributed by atoms with Crippen LogP contribution in [0.4, 0.5) is 5.82 Å². The summed E-state index contributed by atoms with van der Waals surface area (Å²) in [5.41, 5.74) is 1.77. The Labute approximate surface area is 136 Å². The number of aromatic nitrogens is 2. The van der Waals surface area contributed by atoms with E-state index in [4.69, 9.17) is 0 Å². The number of carbonyl (C=O) groups excluding carboxylic acids is 1. The van der Waals surface area contributed by atoms with Gasteiger partial charge in [0, 0.05) is 50.3 Å². The molecule has 0 aromatic carbocycles. The normalized spacial score (nSPS) is 17.6. The van der Waals surface area contributed by atoms with Crippen LogP contribution in [0.2, 0.25) is 0 Å². The maximum absolute atomic E-state index is 12.8. The summed E-state index contributed by atoms with van der Waals surface area (Å²) in [6.07, 6.45) is 7.81. The molecule has 1 amide bonds. The van der Waals surface area contributed by atoms with Gasteiger partial charge in [-0.05, 0) is 37.0 Å². The second-order valence-corrected chi connectivity index (χ2v) is 6.34. The van der Waals surface area contributed by atoms with E-state index in [-0.39, 0.29) is 5.91 Å². The van der Waals surface area contributed by atoms with Gasteiger partial charge in [0.2, 0.25) is 0 Å². The SMILES string of the molecule is O=C(c1cccnc1)N1CCN(CC2CC2)c2ncccc2C1. The van der Waals surface area contributed by atoms with E-state index < -0.39 is 0 Å². The monoisotopic (exact) mass is 308 g/mol. The highest BCUT2D eigenvalue weighted by Crippen LogP contribution is 2.32. The third-order valence-corrected chi connectivity index (χ3v) is 4.54. The van der Waals surface area contributed by atoms with Crippen LogP contribution in [0.15, 0.2) is 42.9 Å². The van der Waals surface area contributed by atoms with Crippen molar-refractivity contribution in [1.82, 2.24) is 14.9 Å². The van der Waals surface area contributed by atoms with Gasteiger partial charge in [-0.15, -0.1) is 0 Å². The second kappa shape index (κ2) is 5.99. The first kappa shape index (κ1) is 14.2. The first-order chi connectivity index (χ1) is 11.3. The van der Waals surface area contributed by atoms with E-state index in [1.807, 2.05) is 23.2 Å². The number of anilines is 1. The van der Waals surface area contributed by atoms with Crippen LogP contribution in [0.1, 0.15) is 28.8 Å². The Morgan fingerprint density at radius 2 is 2.04 bits per heavy atom. The van der Waals surface area contributed by atoms with Gasteiger partial charge in [0.05, 0.1) is 5.56 Å². The summed E-state index contributed by atoms with van der Waals surface area (Å²) in [6.45, 7) is 3.22. The summed E-state index contributed by atoms with van der Waals surface area (Å²) in [6, 6.07) is 7.66. The van der Waals surface area contributed by atoms with Crippen molar-refractivity contribution in [2.75, 3.05) is 24.5 Å². The zero-order valence-corrected chi connectivity index (χ0v) is 13.1. The highest BCUT2D eigenvalue weighted by Gasteiger charge is 2.29. The molecule has 1 fully saturated rings. The molecule has 118 valence electrons. The third kappa shape index (κ3) is 3.04. The average Bonchev–Trinajstić information content (AvgIpc) is 3.43. The van der Waals surface area contributed by atoms with E-state index in [9.17, 15) is 4.79 Å². The fourth-order valence-electron chi connectivity index (χ4n) is 3.11. The fraction of sp³-hybridized carbons (Fsp3) is 0.389. The molecule has 23 heavy (non-hydrogen) atoms. The molecule has 0 bridgehead atoms. The molecule has 0 N–H and O–H groups in total. The van der Waals surface area contributed by atoms with Crippen molar-refractivity contribution in [2.24, 2.45) is 5.92 Å². The quantitative estimate of drug-likeness (QED) is 0.873. The van der Waals surface area contributed by atoms with Crippen molar-refractivity contribution < 1.29 is 4.79 Å². The maximum Gasteiger partial charge on any atom is 0.255 e. The van der Waals surface area contributed by atoms with E-state index in [0.717, 1.165) is 36.9 Å². The molecule has 1 aliphatic heterocycles. The predicted octanol–water partition coefficient (Wildman–Crippen LogP) is 2.35. The van der Waals surface area contributed by atoms with Gasteiger partial charge in [-0.3, -0.25) is 9.78 Å². The molecule has 2 aromatic heterocycles. The summed E-state index contributed by atoms with van der Waals surface area (Å²) in [7, 11) is 0. The highest BCUT2D eigenvalue weighted by molar-refractivity contribution is 5.94. The van der Waals surface area contributed by atoms with Crippen molar-refractivity contribution >= 4 is 11.7 Å². The van der Waals surface area contributed by atoms with Crippen LogP contribution in [-0.4, -0.2) is 40.4 Å². The number of nitrogens with zero attached hydrogens (tertiary/aromatic N) is 4. The minimum atomic E-state index is 0.0428. The van der Waals surface area contributed by atoms with Gasteiger partial charge in [0.15, 0.2) is 0 Å². The van der Waals surface area contributed by atoms with E-state index >= 15 is 0 Å². The molecule has 1 aliphatic carbocycles. The maximum atomic E-state index is 12.8. The second-order valence-electron chi connectivity index (χ2n) is 6.34. The Morgan fingerprint density at radius 3 is 2.83 bits per heavy atom. The minimum absolute atomic E-state index is 0.0428. The van der Waals surface area contributed by atoms with Crippen molar-refractivity contribution in [1.29, 1.82) is 0 Å². The van der Waals surface area contributed by atoms with Gasteiger partial charge < -0.3 is 9.80 Å². The molecule has 2 aromatic rings. The first-order valence-corrected chi connectivity index (χ1v) is 8.19. The van der Waals surface area contributed by atoms with Crippen LogP contribution < -0.4 is 4.90 Å². The Bertz CT molecular complexity index is 699. The van der Waals surface area contributed by atoms with Crippen molar-refractivity contribution in [2.45, 2.75) is 19.4 Å². The molecule has 5 nitrogen and oxygen atoms in total. The summed E-state index contributed by atoms with van der Waals surface area (Å²) in [4.78, 5) is 25.7. The minimum Gasteiger partial charge on any atom is -0.354 e. The molecule has 1 saturated carbocycles. The number of hydrogen-bond donors (Lipinski definition) is 0. The lowest BCUT2D eigenvalue weighted by atomic mass is 10.2. The molecule has 3 heterocycles. The third-order valence-electron chi connectivity index (χ3n) is 4.54. The number of rotatable bonds is 3. The van der Waals surface area contributed by atoms with Crippen molar-refractivity contribution in [3.8, 4) is 0 Å². The number of pyridine rings is 2. The lowest BCUT2D eigenvalue weighted by Crippen LogP contribution is -2.36. The van der Waals surface area contributed by atoms with Crippen LogP contribution in [0.25, 0.3) is 0 Å². The summed E-state index contributed by atoms with van der Waals surface area (Å²) in [5.74, 6) is 1.88. The van der Waals surface area contributed by atoms with Gasteiger partial charge in [0.1, 0.15) is 5.82 Å². The van der Waals surface area contributed by atoms with Crippen LogP contribution in [0, 0.1) is 5.92 Å². The number of carbonyl (C=O) groups is 1. The Hall–Kier alpha value is -2.43. The number of fused-ring (bicyclic) bond motifs is 1. The number of amides is 1. The summed E-state index contributed by atoms with van der Waals surface area (Å²) < 4.78 is 0. The van der Waals surface area contributed by atoms with Gasteiger partial charge in [0.25, 0.3) is 5.91 Å². The fourth-order valence-corrected chi connectivity index (χ4v) is 3.11. The standard InChI is InChI=1S/C18H20N4O/c23-18(15-3-1-7-19-11-15)22-10-9-21(12-14-5-6-14)17-16(13-22)4-2-8-20-17/h1-4,7-8,11,14H,5-6,9-10,12-13H2. The lowest BCUT2D eigenvalue weighted by molar-refractivity contribution is 0.0751. The first-order valence-electron chi connectivity index (χ1n) is 8.19. The van der Waals surface area contributed by atoms with Gasteiger partial charge in [-0.1, -0.05) is 6.07 Å². The average molecular weight is 308 g/mol. The van der Waals surface area contributed by atoms with Crippen molar-refractivity contribution in [3.05, 3.63) is 54.0 Å². The van der Waals surface area contributed by atoms with Gasteiger partial charge >= 0.3 is 0 Å². The van der Waals surface area contributed by atoms with Crippen LogP contribution >= 0.6 is 0 Å². The Morgan fingerprint density at radius 1 is 1.17 bits per heavy atom. The highest BCUT2D eigenvalue weighted by atomic mass is 16.2. The largest absolute Gasteiger partial charge is 0.354 e. The zero-order valence-electron chi connectivity index (χ0n) is 13.1. The molecule has 0 saturated heterocycles. The summed E-state index contributed by atoms with van der Waals surface area (Å²) in [5, 5.41) is 0. The topological polar surface area (TPSA) is 49.3 Å². The molecule has 4 rings (SSSR count). The molecule has 0 unspecified atom stereocenters. The van der Waals surface area contributed by atoms with Gasteiger partial charge in [-0.25, -0.2) is 4.98 Å². The molecule has 0 radical (unpaired) electrons. The van der Waals surface area contributed by atoms with E-state index in [1.54, 1.807) is 18.5 Å². The van der Waals surface area contributed by atoms with E-state index in [2.05, 4.69) is 20.9 Å². The molecule has 0 atom stereocenters. The Balaban J connectivity index is 1.59. The smallest absolute Gasteiger partial charge is 0.255 e. The van der Waals surface area contributed by atoms with E-state index in [1.165, 1.54) is 12.8 Å². The summed E-state index contributed by atoms with van der Waals surface area (Å²) >= 11 is 0. The van der Waals surface area contributed by atoms with Crippen molar-refractivity contribution in [3.63, 3.8) is 0 Å². The van der Waals surface area contributed by atoms with Gasteiger partial charge in [-0.2, -0.15) is 0 Å². The molecule has 5 heteroatoms. The van der Waals surface area contributed by atoms with Crippen LogP contribution in [-0.2, 0) is 6.54 Å². The van der Waals surface area contributed by atoms with E-state index in [0.29, 0.717) is 12.1 Å². The Kier molecular flexibility index (Phi) is 3.69. The molecule has 2 aliphatic rings. The van der Waals surface area contributed by atoms with Crippen LogP contribution in [0.5, 0.6) is 0 Å². The lowest BCUT2D eigenvalue weighted by Gasteiger charge is -2.23. The predicted molar refractivity (Wildman–Crippen MR) is 88.2 cm³/mol. The molecular formula is C18H20N4O.